The Morgan fingerprint density at radius 1 is 1.56 bits per heavy atom. The van der Waals surface area contributed by atoms with Crippen LogP contribution in [0.25, 0.3) is 0 Å². The summed E-state index contributed by atoms with van der Waals surface area (Å²) < 4.78 is 0. The van der Waals surface area contributed by atoms with Gasteiger partial charge in [0.1, 0.15) is 0 Å². The molecule has 1 aromatic heterocycles. The molecule has 5 heteroatoms. The molecule has 1 aliphatic heterocycles. The molecule has 90 valence electrons. The lowest BCUT2D eigenvalue weighted by Crippen LogP contribution is -2.54. The van der Waals surface area contributed by atoms with E-state index >= 15 is 0 Å². The Morgan fingerprint density at radius 2 is 2.38 bits per heavy atom. The van der Waals surface area contributed by atoms with E-state index in [1.54, 1.807) is 11.3 Å². The van der Waals surface area contributed by atoms with Gasteiger partial charge in [-0.1, -0.05) is 0 Å². The maximum atomic E-state index is 5.84. The first-order chi connectivity index (χ1) is 7.70. The minimum absolute atomic E-state index is 0.486. The molecule has 0 amide bonds. The maximum Gasteiger partial charge on any atom is 0.0798 e. The smallest absolute Gasteiger partial charge is 0.0798 e. The van der Waals surface area contributed by atoms with Gasteiger partial charge >= 0.3 is 0 Å². The van der Waals surface area contributed by atoms with Crippen molar-refractivity contribution in [3.05, 3.63) is 16.1 Å². The summed E-state index contributed by atoms with van der Waals surface area (Å²) in [6.07, 6.45) is 0. The van der Waals surface area contributed by atoms with Crippen molar-refractivity contribution >= 4 is 11.3 Å². The van der Waals surface area contributed by atoms with E-state index in [-0.39, 0.29) is 0 Å². The summed E-state index contributed by atoms with van der Waals surface area (Å²) in [5.74, 6) is 0. The highest BCUT2D eigenvalue weighted by molar-refractivity contribution is 7.09. The largest absolute Gasteiger partial charge is 0.329 e. The molecule has 2 N–H and O–H groups in total. The van der Waals surface area contributed by atoms with Crippen LogP contribution in [-0.2, 0) is 6.54 Å². The van der Waals surface area contributed by atoms with Gasteiger partial charge in [-0.25, -0.2) is 4.98 Å². The van der Waals surface area contributed by atoms with E-state index in [2.05, 4.69) is 28.8 Å². The Labute approximate surface area is 101 Å². The highest BCUT2D eigenvalue weighted by atomic mass is 32.1. The van der Waals surface area contributed by atoms with Crippen LogP contribution in [0.4, 0.5) is 0 Å². The Hall–Kier alpha value is -0.490. The van der Waals surface area contributed by atoms with Gasteiger partial charge in [-0.05, 0) is 14.0 Å². The van der Waals surface area contributed by atoms with Gasteiger partial charge in [0.05, 0.1) is 11.2 Å². The van der Waals surface area contributed by atoms with Crippen LogP contribution in [0.5, 0.6) is 0 Å². The molecular weight excluding hydrogens is 220 g/mol. The van der Waals surface area contributed by atoms with Gasteiger partial charge in [0.25, 0.3) is 0 Å². The first-order valence-electron chi connectivity index (χ1n) is 5.72. The van der Waals surface area contributed by atoms with Crippen molar-refractivity contribution in [2.75, 3.05) is 33.2 Å². The van der Waals surface area contributed by atoms with E-state index in [1.165, 1.54) is 10.6 Å². The zero-order valence-corrected chi connectivity index (χ0v) is 10.8. The molecule has 1 unspecified atom stereocenters. The van der Waals surface area contributed by atoms with Gasteiger partial charge < -0.3 is 10.6 Å². The molecule has 1 atom stereocenters. The van der Waals surface area contributed by atoms with E-state index in [4.69, 9.17) is 5.73 Å². The van der Waals surface area contributed by atoms with Gasteiger partial charge in [0.2, 0.25) is 0 Å². The molecule has 16 heavy (non-hydrogen) atoms. The van der Waals surface area contributed by atoms with Crippen LogP contribution in [-0.4, -0.2) is 54.1 Å². The third kappa shape index (κ3) is 2.60. The lowest BCUT2D eigenvalue weighted by molar-refractivity contribution is 0.0888. The molecular formula is C11H20N4S. The summed E-state index contributed by atoms with van der Waals surface area (Å²) in [5, 5.41) is 0. The Balaban J connectivity index is 2.01. The lowest BCUT2D eigenvalue weighted by Gasteiger charge is -2.39. The van der Waals surface area contributed by atoms with E-state index in [0.29, 0.717) is 6.04 Å². The van der Waals surface area contributed by atoms with Crippen LogP contribution in [0.2, 0.25) is 0 Å². The molecule has 1 aliphatic rings. The molecule has 0 spiro atoms. The topological polar surface area (TPSA) is 45.4 Å². The minimum Gasteiger partial charge on any atom is -0.329 e. The van der Waals surface area contributed by atoms with Crippen LogP contribution < -0.4 is 5.73 Å². The fraction of sp³-hybridized carbons (Fsp3) is 0.727. The minimum atomic E-state index is 0.486. The zero-order valence-electron chi connectivity index (χ0n) is 10.0. The highest BCUT2D eigenvalue weighted by Crippen LogP contribution is 2.18. The number of likely N-dealkylation sites (N-methyl/N-ethyl adjacent to an activating group) is 1. The average molecular weight is 240 g/mol. The standard InChI is InChI=1S/C11H20N4S/c1-9-11(16-8-13-9)7-15-4-3-14(2)6-10(15)5-12/h8,10H,3-7,12H2,1-2H3. The number of hydrogen-bond donors (Lipinski definition) is 1. The van der Waals surface area contributed by atoms with Crippen molar-refractivity contribution in [3.63, 3.8) is 0 Å². The Bertz CT molecular complexity index is 338. The monoisotopic (exact) mass is 240 g/mol. The third-order valence-corrected chi connectivity index (χ3v) is 4.19. The van der Waals surface area contributed by atoms with Crippen molar-refractivity contribution in [1.29, 1.82) is 0 Å². The number of thiazole rings is 1. The summed E-state index contributed by atoms with van der Waals surface area (Å²) in [7, 11) is 2.16. The predicted octanol–water partition coefficient (Wildman–Crippen LogP) is 0.526. The quantitative estimate of drug-likeness (QED) is 0.837. The first kappa shape index (κ1) is 12.0. The van der Waals surface area contributed by atoms with Crippen LogP contribution in [0, 0.1) is 6.92 Å². The molecule has 0 radical (unpaired) electrons. The maximum absolute atomic E-state index is 5.84. The van der Waals surface area contributed by atoms with Crippen molar-refractivity contribution in [2.24, 2.45) is 5.73 Å². The number of hydrogen-bond acceptors (Lipinski definition) is 5. The third-order valence-electron chi connectivity index (χ3n) is 3.27. The summed E-state index contributed by atoms with van der Waals surface area (Å²) in [4.78, 5) is 10.5. The Kier molecular flexibility index (Phi) is 3.91. The molecule has 0 saturated carbocycles. The van der Waals surface area contributed by atoms with Gasteiger partial charge in [0.15, 0.2) is 0 Å². The molecule has 1 saturated heterocycles. The summed E-state index contributed by atoms with van der Waals surface area (Å²) >= 11 is 1.75. The van der Waals surface area contributed by atoms with Crippen molar-refractivity contribution < 1.29 is 0 Å². The molecule has 1 fully saturated rings. The number of nitrogens with two attached hydrogens (primary N) is 1. The van der Waals surface area contributed by atoms with E-state index < -0.39 is 0 Å². The molecule has 0 aliphatic carbocycles. The second kappa shape index (κ2) is 5.23. The highest BCUT2D eigenvalue weighted by Gasteiger charge is 2.24. The molecule has 2 heterocycles. The second-order valence-electron chi connectivity index (χ2n) is 4.48. The molecule has 2 rings (SSSR count). The van der Waals surface area contributed by atoms with Gasteiger partial charge in [-0.15, -0.1) is 11.3 Å². The fourth-order valence-electron chi connectivity index (χ4n) is 2.14. The summed E-state index contributed by atoms with van der Waals surface area (Å²) in [5.41, 5.74) is 8.94. The number of nitrogens with zero attached hydrogens (tertiary/aromatic N) is 3. The molecule has 4 nitrogen and oxygen atoms in total. The second-order valence-corrected chi connectivity index (χ2v) is 5.42. The SMILES string of the molecule is Cc1ncsc1CN1CCN(C)CC1CN. The van der Waals surface area contributed by atoms with Gasteiger partial charge in [-0.2, -0.15) is 0 Å². The van der Waals surface area contributed by atoms with Crippen LogP contribution in [0.3, 0.4) is 0 Å². The van der Waals surface area contributed by atoms with Crippen LogP contribution in [0.1, 0.15) is 10.6 Å². The Morgan fingerprint density at radius 3 is 3.00 bits per heavy atom. The summed E-state index contributed by atoms with van der Waals surface area (Å²) in [6.45, 7) is 7.15. The van der Waals surface area contributed by atoms with E-state index in [1.807, 2.05) is 5.51 Å². The van der Waals surface area contributed by atoms with Crippen molar-refractivity contribution in [2.45, 2.75) is 19.5 Å². The molecule has 1 aromatic rings. The number of piperazine rings is 1. The first-order valence-corrected chi connectivity index (χ1v) is 6.60. The van der Waals surface area contributed by atoms with E-state index in [0.717, 1.165) is 32.7 Å². The number of aryl methyl sites for hydroxylation is 1. The number of aromatic nitrogens is 1. The summed E-state index contributed by atoms with van der Waals surface area (Å²) in [6, 6.07) is 0.486. The zero-order chi connectivity index (χ0) is 11.5. The van der Waals surface area contributed by atoms with Crippen molar-refractivity contribution in [1.82, 2.24) is 14.8 Å². The predicted molar refractivity (Wildman–Crippen MR) is 67.6 cm³/mol. The molecule has 0 aromatic carbocycles. The van der Waals surface area contributed by atoms with Crippen LogP contribution >= 0.6 is 11.3 Å². The average Bonchev–Trinajstić information content (AvgIpc) is 2.67. The fourth-order valence-corrected chi connectivity index (χ4v) is 2.94. The van der Waals surface area contributed by atoms with Gasteiger partial charge in [-0.3, -0.25) is 4.90 Å². The normalized spacial score (nSPS) is 23.8. The number of rotatable bonds is 3. The van der Waals surface area contributed by atoms with Crippen LogP contribution in [0.15, 0.2) is 5.51 Å². The lowest BCUT2D eigenvalue weighted by atomic mass is 10.1. The van der Waals surface area contributed by atoms with Crippen molar-refractivity contribution in [3.8, 4) is 0 Å². The van der Waals surface area contributed by atoms with Gasteiger partial charge in [0, 0.05) is 43.6 Å². The van der Waals surface area contributed by atoms with E-state index in [9.17, 15) is 0 Å². The molecule has 0 bridgehead atoms.